The number of Topliss-reactive ketones (excluding diaryl/α,β-unsaturated/α-hetero) is 1. The molecule has 0 bridgehead atoms. The smallest absolute Gasteiger partial charge is 0.299 e. The monoisotopic (exact) mass is 597 g/mol. The first-order valence-electron chi connectivity index (χ1n) is 13.4. The second kappa shape index (κ2) is 12.8. The molecule has 1 atom stereocenters. The van der Waals surface area contributed by atoms with Crippen molar-refractivity contribution < 1.29 is 28.7 Å². The number of carbonyl (C=O) groups is 4. The molecule has 1 aliphatic rings. The number of anilines is 2. The van der Waals surface area contributed by atoms with E-state index in [2.05, 4.69) is 5.32 Å². The minimum absolute atomic E-state index is 0.0176. The van der Waals surface area contributed by atoms with Crippen LogP contribution in [-0.4, -0.2) is 49.2 Å². The summed E-state index contributed by atoms with van der Waals surface area (Å²) in [5, 5.41) is 3.36. The predicted octanol–water partition coefficient (Wildman–Crippen LogP) is 5.30. The van der Waals surface area contributed by atoms with Crippen LogP contribution in [0.1, 0.15) is 27.5 Å². The number of hydrogen-bond donors (Lipinski definition) is 1. The fourth-order valence-corrected chi connectivity index (χ4v) is 5.01. The normalized spacial score (nSPS) is 12.9. The molecule has 1 aliphatic heterocycles. The van der Waals surface area contributed by atoms with Crippen LogP contribution in [-0.2, 0) is 20.9 Å². The fraction of sp³-hybridized carbons (Fsp3) is 0.152. The van der Waals surface area contributed by atoms with E-state index >= 15 is 0 Å². The Morgan fingerprint density at radius 3 is 2.07 bits per heavy atom. The first kappa shape index (κ1) is 29.3. The Bertz CT molecular complexity index is 1660. The van der Waals surface area contributed by atoms with Gasteiger partial charge >= 0.3 is 0 Å². The maximum atomic E-state index is 14.2. The van der Waals surface area contributed by atoms with Gasteiger partial charge in [-0.1, -0.05) is 48.0 Å². The number of amides is 3. The van der Waals surface area contributed by atoms with Crippen LogP contribution in [0.15, 0.2) is 97.1 Å². The quantitative estimate of drug-likeness (QED) is 0.249. The minimum atomic E-state index is -1.13. The first-order chi connectivity index (χ1) is 20.8. The van der Waals surface area contributed by atoms with E-state index in [4.69, 9.17) is 21.1 Å². The van der Waals surface area contributed by atoms with E-state index in [1.54, 1.807) is 111 Å². The number of para-hydroxylation sites is 1. The Hall–Kier alpha value is -5.15. The zero-order valence-electron chi connectivity index (χ0n) is 23.5. The highest BCUT2D eigenvalue weighted by molar-refractivity contribution is 6.52. The van der Waals surface area contributed by atoms with E-state index in [1.165, 1.54) is 4.90 Å². The predicted molar refractivity (Wildman–Crippen MR) is 162 cm³/mol. The standard InChI is InChI=1S/C33H28ClN3O6/c1-42-25-15-7-21(8-16-25)19-37(29(38)20-36-28-6-4-3-5-27(28)31(39)33(36)41)30(22-9-11-23(34)12-10-22)32(40)35-24-13-17-26(43-2)18-14-24/h3-18,30H,19-20H2,1-2H3,(H,35,40)/t30-/m1/s1. The lowest BCUT2D eigenvalue weighted by Gasteiger charge is -2.33. The van der Waals surface area contributed by atoms with Crippen molar-refractivity contribution in [3.63, 3.8) is 0 Å². The molecule has 5 rings (SSSR count). The van der Waals surface area contributed by atoms with Crippen molar-refractivity contribution in [2.45, 2.75) is 12.6 Å². The largest absolute Gasteiger partial charge is 0.497 e. The molecule has 10 heteroatoms. The molecule has 0 unspecified atom stereocenters. The van der Waals surface area contributed by atoms with Crippen molar-refractivity contribution in [3.8, 4) is 11.5 Å². The maximum Gasteiger partial charge on any atom is 0.299 e. The van der Waals surface area contributed by atoms with E-state index in [0.29, 0.717) is 33.5 Å². The highest BCUT2D eigenvalue weighted by Gasteiger charge is 2.39. The van der Waals surface area contributed by atoms with Gasteiger partial charge in [0.15, 0.2) is 0 Å². The van der Waals surface area contributed by atoms with Gasteiger partial charge in [0.2, 0.25) is 5.91 Å². The van der Waals surface area contributed by atoms with Gasteiger partial charge in [-0.25, -0.2) is 0 Å². The molecule has 0 aromatic heterocycles. The molecule has 4 aromatic rings. The Morgan fingerprint density at radius 2 is 1.44 bits per heavy atom. The summed E-state index contributed by atoms with van der Waals surface area (Å²) in [4.78, 5) is 56.3. The number of rotatable bonds is 10. The highest BCUT2D eigenvalue weighted by Crippen LogP contribution is 2.31. The van der Waals surface area contributed by atoms with Crippen LogP contribution in [0.2, 0.25) is 5.02 Å². The number of ether oxygens (including phenoxy) is 2. The number of benzene rings is 4. The van der Waals surface area contributed by atoms with Crippen molar-refractivity contribution in [3.05, 3.63) is 119 Å². The van der Waals surface area contributed by atoms with Crippen LogP contribution in [0.4, 0.5) is 11.4 Å². The summed E-state index contributed by atoms with van der Waals surface area (Å²) in [6.45, 7) is -0.429. The Labute approximate surface area is 253 Å². The van der Waals surface area contributed by atoms with Gasteiger partial charge in [0, 0.05) is 17.3 Å². The van der Waals surface area contributed by atoms with Crippen LogP contribution in [0.5, 0.6) is 11.5 Å². The number of carbonyl (C=O) groups excluding carboxylic acids is 4. The third kappa shape index (κ3) is 6.37. The molecule has 4 aromatic carbocycles. The van der Waals surface area contributed by atoms with Crippen molar-refractivity contribution in [2.75, 3.05) is 31.0 Å². The zero-order valence-corrected chi connectivity index (χ0v) is 24.2. The summed E-state index contributed by atoms with van der Waals surface area (Å²) in [6, 6.07) is 25.9. The van der Waals surface area contributed by atoms with Crippen LogP contribution < -0.4 is 19.7 Å². The fourth-order valence-electron chi connectivity index (χ4n) is 4.89. The molecular weight excluding hydrogens is 570 g/mol. The second-order valence-electron chi connectivity index (χ2n) is 9.78. The zero-order chi connectivity index (χ0) is 30.5. The summed E-state index contributed by atoms with van der Waals surface area (Å²) >= 11 is 6.16. The van der Waals surface area contributed by atoms with Gasteiger partial charge in [0.05, 0.1) is 25.5 Å². The summed E-state index contributed by atoms with van der Waals surface area (Å²) in [5.41, 5.74) is 2.29. The van der Waals surface area contributed by atoms with Gasteiger partial charge < -0.3 is 19.7 Å². The van der Waals surface area contributed by atoms with E-state index in [-0.39, 0.29) is 12.1 Å². The van der Waals surface area contributed by atoms with Crippen LogP contribution in [0, 0.1) is 0 Å². The topological polar surface area (TPSA) is 105 Å². The van der Waals surface area contributed by atoms with E-state index in [9.17, 15) is 19.2 Å². The summed E-state index contributed by atoms with van der Waals surface area (Å²) in [7, 11) is 3.10. The number of nitrogens with zero attached hydrogens (tertiary/aromatic N) is 2. The van der Waals surface area contributed by atoms with Gasteiger partial charge in [-0.05, 0) is 71.8 Å². The van der Waals surface area contributed by atoms with E-state index < -0.39 is 36.1 Å². The number of hydrogen-bond acceptors (Lipinski definition) is 6. The van der Waals surface area contributed by atoms with Crippen molar-refractivity contribution >= 4 is 46.5 Å². The van der Waals surface area contributed by atoms with Gasteiger partial charge in [-0.3, -0.25) is 24.1 Å². The number of methoxy groups -OCH3 is 2. The van der Waals surface area contributed by atoms with Crippen LogP contribution >= 0.6 is 11.6 Å². The molecule has 1 heterocycles. The molecule has 0 spiro atoms. The maximum absolute atomic E-state index is 14.2. The molecular formula is C33H28ClN3O6. The lowest BCUT2D eigenvalue weighted by molar-refractivity contribution is -0.139. The third-order valence-electron chi connectivity index (χ3n) is 7.11. The number of ketones is 1. The van der Waals surface area contributed by atoms with Crippen molar-refractivity contribution in [1.29, 1.82) is 0 Å². The first-order valence-corrected chi connectivity index (χ1v) is 13.7. The summed E-state index contributed by atoms with van der Waals surface area (Å²) in [5.74, 6) is -1.27. The second-order valence-corrected chi connectivity index (χ2v) is 10.2. The Morgan fingerprint density at radius 1 is 0.837 bits per heavy atom. The number of fused-ring (bicyclic) bond motifs is 1. The molecule has 0 fully saturated rings. The molecule has 1 N–H and O–H groups in total. The Balaban J connectivity index is 1.54. The lowest BCUT2D eigenvalue weighted by atomic mass is 10.0. The molecule has 43 heavy (non-hydrogen) atoms. The van der Waals surface area contributed by atoms with Gasteiger partial charge in [0.1, 0.15) is 24.1 Å². The summed E-state index contributed by atoms with van der Waals surface area (Å²) < 4.78 is 10.5. The minimum Gasteiger partial charge on any atom is -0.497 e. The molecule has 0 saturated heterocycles. The Kier molecular flexibility index (Phi) is 8.73. The SMILES string of the molecule is COc1ccc(CN(C(=O)CN2C(=O)C(=O)c3ccccc32)[C@@H](C(=O)Nc2ccc(OC)cc2)c2ccc(Cl)cc2)cc1. The van der Waals surface area contributed by atoms with Gasteiger partial charge in [-0.15, -0.1) is 0 Å². The average molecular weight is 598 g/mol. The van der Waals surface area contributed by atoms with Crippen molar-refractivity contribution in [1.82, 2.24) is 4.90 Å². The average Bonchev–Trinajstić information content (AvgIpc) is 3.27. The molecule has 0 radical (unpaired) electrons. The van der Waals surface area contributed by atoms with Crippen LogP contribution in [0.3, 0.4) is 0 Å². The van der Waals surface area contributed by atoms with Crippen molar-refractivity contribution in [2.24, 2.45) is 0 Å². The molecule has 3 amide bonds. The summed E-state index contributed by atoms with van der Waals surface area (Å²) in [6.07, 6.45) is 0. The molecule has 9 nitrogen and oxygen atoms in total. The van der Waals surface area contributed by atoms with Crippen LogP contribution in [0.25, 0.3) is 0 Å². The highest BCUT2D eigenvalue weighted by atomic mass is 35.5. The van der Waals surface area contributed by atoms with E-state index in [0.717, 1.165) is 10.5 Å². The lowest BCUT2D eigenvalue weighted by Crippen LogP contribution is -2.46. The third-order valence-corrected chi connectivity index (χ3v) is 7.36. The molecule has 0 saturated carbocycles. The number of halogens is 1. The van der Waals surface area contributed by atoms with E-state index in [1.807, 2.05) is 0 Å². The molecule has 218 valence electrons. The van der Waals surface area contributed by atoms with Gasteiger partial charge in [0.25, 0.3) is 17.6 Å². The molecule has 0 aliphatic carbocycles. The van der Waals surface area contributed by atoms with Gasteiger partial charge in [-0.2, -0.15) is 0 Å². The number of nitrogens with one attached hydrogen (secondary N) is 1.